The van der Waals surface area contributed by atoms with Crippen LogP contribution in [0.15, 0.2) is 54.6 Å². The van der Waals surface area contributed by atoms with Gasteiger partial charge in [-0.05, 0) is 50.5 Å². The molecule has 27 heavy (non-hydrogen) atoms. The van der Waals surface area contributed by atoms with Crippen LogP contribution >= 0.6 is 0 Å². The molecule has 1 saturated heterocycles. The standard InChI is InChI=1S/C24H33NO2/c1-2-3-4-5-6-7-9-14-21-17-22-15-16-23(18-21)25(22)24(26)27-19-20-12-10-8-11-13-20/h2,8,10-13,17,22-23H,1,3-7,9,14-16,18-19H2. The molecule has 0 aliphatic carbocycles. The second-order valence-electron chi connectivity index (χ2n) is 7.87. The van der Waals surface area contributed by atoms with Gasteiger partial charge in [0.2, 0.25) is 0 Å². The molecule has 3 heteroatoms. The van der Waals surface area contributed by atoms with E-state index in [0.29, 0.717) is 12.6 Å². The predicted molar refractivity (Wildman–Crippen MR) is 110 cm³/mol. The van der Waals surface area contributed by atoms with Gasteiger partial charge in [0.1, 0.15) is 6.61 Å². The van der Waals surface area contributed by atoms with E-state index in [0.717, 1.165) is 31.2 Å². The number of benzene rings is 1. The highest BCUT2D eigenvalue weighted by Crippen LogP contribution is 2.37. The lowest BCUT2D eigenvalue weighted by atomic mass is 9.96. The Morgan fingerprint density at radius 3 is 2.67 bits per heavy atom. The predicted octanol–water partition coefficient (Wildman–Crippen LogP) is 6.40. The van der Waals surface area contributed by atoms with Crippen molar-refractivity contribution in [2.24, 2.45) is 0 Å². The summed E-state index contributed by atoms with van der Waals surface area (Å²) in [6, 6.07) is 10.5. The Kier molecular flexibility index (Phi) is 7.55. The third-order valence-electron chi connectivity index (χ3n) is 5.79. The molecule has 0 radical (unpaired) electrons. The largest absolute Gasteiger partial charge is 0.445 e. The van der Waals surface area contributed by atoms with Gasteiger partial charge in [0.25, 0.3) is 0 Å². The van der Waals surface area contributed by atoms with Crippen molar-refractivity contribution in [2.45, 2.75) is 82.9 Å². The molecule has 3 rings (SSSR count). The van der Waals surface area contributed by atoms with Gasteiger partial charge in [-0.3, -0.25) is 4.90 Å². The fourth-order valence-electron chi connectivity index (χ4n) is 4.35. The van der Waals surface area contributed by atoms with Crippen LogP contribution in [-0.2, 0) is 11.3 Å². The van der Waals surface area contributed by atoms with Crippen LogP contribution in [0.25, 0.3) is 0 Å². The monoisotopic (exact) mass is 367 g/mol. The summed E-state index contributed by atoms with van der Waals surface area (Å²) < 4.78 is 5.58. The molecule has 0 N–H and O–H groups in total. The van der Waals surface area contributed by atoms with E-state index in [1.54, 1.807) is 5.57 Å². The minimum Gasteiger partial charge on any atom is -0.445 e. The van der Waals surface area contributed by atoms with E-state index in [1.807, 2.05) is 41.3 Å². The number of unbranched alkanes of at least 4 members (excludes halogenated alkanes) is 5. The first kappa shape index (κ1) is 19.7. The van der Waals surface area contributed by atoms with Gasteiger partial charge in [0.05, 0.1) is 6.04 Å². The molecule has 2 unspecified atom stereocenters. The first-order valence-corrected chi connectivity index (χ1v) is 10.6. The van der Waals surface area contributed by atoms with Crippen molar-refractivity contribution >= 4 is 6.09 Å². The van der Waals surface area contributed by atoms with Gasteiger partial charge in [-0.15, -0.1) is 6.58 Å². The number of amides is 1. The quantitative estimate of drug-likeness (QED) is 0.353. The molecule has 2 aliphatic rings. The molecule has 1 fully saturated rings. The Bertz CT molecular complexity index is 637. The minimum absolute atomic E-state index is 0.149. The number of hydrogen-bond acceptors (Lipinski definition) is 2. The van der Waals surface area contributed by atoms with Crippen molar-refractivity contribution in [3.63, 3.8) is 0 Å². The summed E-state index contributed by atoms with van der Waals surface area (Å²) in [5.74, 6) is 0. The van der Waals surface area contributed by atoms with Gasteiger partial charge in [-0.2, -0.15) is 0 Å². The fraction of sp³-hybridized carbons (Fsp3) is 0.542. The lowest BCUT2D eigenvalue weighted by Crippen LogP contribution is -2.43. The van der Waals surface area contributed by atoms with Crippen molar-refractivity contribution < 1.29 is 9.53 Å². The molecule has 2 bridgehead atoms. The third-order valence-corrected chi connectivity index (χ3v) is 5.79. The molecular formula is C24H33NO2. The molecule has 1 aromatic rings. The maximum absolute atomic E-state index is 12.6. The smallest absolute Gasteiger partial charge is 0.410 e. The highest BCUT2D eigenvalue weighted by molar-refractivity contribution is 5.70. The number of fused-ring (bicyclic) bond motifs is 2. The summed E-state index contributed by atoms with van der Waals surface area (Å²) in [5.41, 5.74) is 2.60. The van der Waals surface area contributed by atoms with Gasteiger partial charge < -0.3 is 4.74 Å². The third kappa shape index (κ3) is 5.72. The van der Waals surface area contributed by atoms with E-state index in [9.17, 15) is 4.79 Å². The maximum Gasteiger partial charge on any atom is 0.410 e. The zero-order chi connectivity index (χ0) is 18.9. The van der Waals surface area contributed by atoms with Gasteiger partial charge in [0, 0.05) is 6.04 Å². The second-order valence-corrected chi connectivity index (χ2v) is 7.87. The molecule has 0 saturated carbocycles. The Hall–Kier alpha value is -2.03. The summed E-state index contributed by atoms with van der Waals surface area (Å²) in [6.07, 6.45) is 16.3. The molecule has 0 aromatic heterocycles. The molecule has 2 atom stereocenters. The van der Waals surface area contributed by atoms with Gasteiger partial charge >= 0.3 is 6.09 Å². The van der Waals surface area contributed by atoms with E-state index in [4.69, 9.17) is 4.74 Å². The highest BCUT2D eigenvalue weighted by Gasteiger charge is 2.40. The fourth-order valence-corrected chi connectivity index (χ4v) is 4.35. The van der Waals surface area contributed by atoms with Crippen LogP contribution in [0.1, 0.15) is 69.8 Å². The number of ether oxygens (including phenoxy) is 1. The van der Waals surface area contributed by atoms with E-state index in [-0.39, 0.29) is 12.1 Å². The minimum atomic E-state index is -0.149. The average Bonchev–Trinajstić information content (AvgIpc) is 2.96. The van der Waals surface area contributed by atoms with Crippen LogP contribution in [0.3, 0.4) is 0 Å². The Morgan fingerprint density at radius 2 is 1.89 bits per heavy atom. The molecular weight excluding hydrogens is 334 g/mol. The maximum atomic E-state index is 12.6. The summed E-state index contributed by atoms with van der Waals surface area (Å²) in [5, 5.41) is 0. The van der Waals surface area contributed by atoms with Crippen LogP contribution < -0.4 is 0 Å². The van der Waals surface area contributed by atoms with Crippen LogP contribution in [0.4, 0.5) is 4.79 Å². The van der Waals surface area contributed by atoms with Gasteiger partial charge in [-0.1, -0.05) is 67.3 Å². The Labute approximate surface area is 164 Å². The van der Waals surface area contributed by atoms with E-state index in [2.05, 4.69) is 12.7 Å². The number of carbonyl (C=O) groups excluding carboxylic acids is 1. The van der Waals surface area contributed by atoms with Crippen molar-refractivity contribution in [3.05, 3.63) is 60.2 Å². The van der Waals surface area contributed by atoms with Crippen LogP contribution in [0, 0.1) is 0 Å². The highest BCUT2D eigenvalue weighted by atomic mass is 16.6. The van der Waals surface area contributed by atoms with Crippen molar-refractivity contribution in [3.8, 4) is 0 Å². The molecule has 2 aliphatic heterocycles. The summed E-state index contributed by atoms with van der Waals surface area (Å²) in [4.78, 5) is 14.6. The molecule has 0 spiro atoms. The van der Waals surface area contributed by atoms with Crippen molar-refractivity contribution in [1.29, 1.82) is 0 Å². The number of nitrogens with zero attached hydrogens (tertiary/aromatic N) is 1. The van der Waals surface area contributed by atoms with E-state index >= 15 is 0 Å². The van der Waals surface area contributed by atoms with Gasteiger partial charge in [-0.25, -0.2) is 4.79 Å². The molecule has 1 amide bonds. The number of allylic oxidation sites excluding steroid dienone is 1. The summed E-state index contributed by atoms with van der Waals surface area (Å²) in [6.45, 7) is 4.14. The zero-order valence-electron chi connectivity index (χ0n) is 16.4. The molecule has 3 nitrogen and oxygen atoms in total. The molecule has 146 valence electrons. The topological polar surface area (TPSA) is 29.5 Å². The number of carbonyl (C=O) groups is 1. The Morgan fingerprint density at radius 1 is 1.11 bits per heavy atom. The molecule has 2 heterocycles. The van der Waals surface area contributed by atoms with E-state index in [1.165, 1.54) is 38.5 Å². The van der Waals surface area contributed by atoms with Crippen molar-refractivity contribution in [1.82, 2.24) is 4.90 Å². The lowest BCUT2D eigenvalue weighted by Gasteiger charge is -2.33. The van der Waals surface area contributed by atoms with E-state index < -0.39 is 0 Å². The number of rotatable bonds is 10. The van der Waals surface area contributed by atoms with Crippen LogP contribution in [0.5, 0.6) is 0 Å². The summed E-state index contributed by atoms with van der Waals surface area (Å²) in [7, 11) is 0. The zero-order valence-corrected chi connectivity index (χ0v) is 16.4. The summed E-state index contributed by atoms with van der Waals surface area (Å²) >= 11 is 0. The van der Waals surface area contributed by atoms with Gasteiger partial charge in [0.15, 0.2) is 0 Å². The SMILES string of the molecule is C=CCCCCCCCC1=CC2CCC(C1)N2C(=O)OCc1ccccc1. The Balaban J connectivity index is 1.41. The first-order chi connectivity index (χ1) is 13.3. The normalized spacial score (nSPS) is 21.0. The van der Waals surface area contributed by atoms with Crippen LogP contribution in [0.2, 0.25) is 0 Å². The average molecular weight is 368 g/mol. The lowest BCUT2D eigenvalue weighted by molar-refractivity contribution is 0.0814. The number of hydrogen-bond donors (Lipinski definition) is 0. The van der Waals surface area contributed by atoms with Crippen LogP contribution in [-0.4, -0.2) is 23.1 Å². The molecule has 1 aromatic carbocycles. The van der Waals surface area contributed by atoms with Crippen molar-refractivity contribution in [2.75, 3.05) is 0 Å². The second kappa shape index (κ2) is 10.3. The first-order valence-electron chi connectivity index (χ1n) is 10.6.